The summed E-state index contributed by atoms with van der Waals surface area (Å²) in [5.41, 5.74) is 2.43. The summed E-state index contributed by atoms with van der Waals surface area (Å²) < 4.78 is 0. The maximum absolute atomic E-state index is 12.2. The molecule has 3 rings (SSSR count). The van der Waals surface area contributed by atoms with Crippen molar-refractivity contribution >= 4 is 46.1 Å². The highest BCUT2D eigenvalue weighted by molar-refractivity contribution is 7.14. The van der Waals surface area contributed by atoms with Gasteiger partial charge in [0.1, 0.15) is 5.78 Å². The molecule has 0 spiro atoms. The van der Waals surface area contributed by atoms with Crippen molar-refractivity contribution in [2.45, 2.75) is 52.4 Å². The zero-order chi connectivity index (χ0) is 21.7. The predicted octanol–water partition coefficient (Wildman–Crippen LogP) is 4.44. The Bertz CT molecular complexity index is 979. The third-order valence-electron chi connectivity index (χ3n) is 5.12. The van der Waals surface area contributed by atoms with Crippen molar-refractivity contribution in [2.75, 3.05) is 16.8 Å². The molecule has 2 amide bonds. The summed E-state index contributed by atoms with van der Waals surface area (Å²) in [5, 5.41) is 2.80. The van der Waals surface area contributed by atoms with Crippen LogP contribution in [0.25, 0.3) is 0 Å². The van der Waals surface area contributed by atoms with Crippen LogP contribution in [0.2, 0.25) is 0 Å². The Morgan fingerprint density at radius 2 is 1.80 bits per heavy atom. The number of hydrogen-bond acceptors (Lipinski definition) is 5. The average molecular weight is 427 g/mol. The first-order valence-corrected chi connectivity index (χ1v) is 11.0. The molecule has 0 radical (unpaired) electrons. The number of benzene rings is 1. The van der Waals surface area contributed by atoms with Crippen molar-refractivity contribution in [1.29, 1.82) is 0 Å². The second-order valence-electron chi connectivity index (χ2n) is 7.57. The van der Waals surface area contributed by atoms with Crippen molar-refractivity contribution in [1.82, 2.24) is 0 Å². The summed E-state index contributed by atoms with van der Waals surface area (Å²) in [4.78, 5) is 51.7. The molecule has 1 N–H and O–H groups in total. The Morgan fingerprint density at radius 3 is 2.43 bits per heavy atom. The number of nitrogens with zero attached hydrogens (tertiary/aromatic N) is 1. The Hall–Kier alpha value is -2.80. The van der Waals surface area contributed by atoms with Crippen LogP contribution in [0.3, 0.4) is 0 Å². The van der Waals surface area contributed by atoms with Crippen LogP contribution < -0.4 is 10.2 Å². The lowest BCUT2D eigenvalue weighted by molar-refractivity contribution is -0.122. The lowest BCUT2D eigenvalue weighted by Gasteiger charge is -2.19. The third kappa shape index (κ3) is 5.63. The number of carbonyl (C=O) groups is 4. The zero-order valence-electron chi connectivity index (χ0n) is 17.3. The minimum absolute atomic E-state index is 0.0297. The minimum Gasteiger partial charge on any atom is -0.326 e. The van der Waals surface area contributed by atoms with Crippen LogP contribution >= 0.6 is 11.3 Å². The number of carbonyl (C=O) groups excluding carboxylic acids is 4. The van der Waals surface area contributed by atoms with E-state index >= 15 is 0 Å². The van der Waals surface area contributed by atoms with E-state index < -0.39 is 0 Å². The average Bonchev–Trinajstić information content (AvgIpc) is 3.33. The fraction of sp³-hybridized carbons (Fsp3) is 0.391. The van der Waals surface area contributed by atoms with E-state index in [0.29, 0.717) is 17.0 Å². The van der Waals surface area contributed by atoms with Gasteiger partial charge in [-0.3, -0.25) is 19.2 Å². The van der Waals surface area contributed by atoms with Gasteiger partial charge in [-0.05, 0) is 56.2 Å². The highest BCUT2D eigenvalue weighted by Gasteiger charge is 2.23. The van der Waals surface area contributed by atoms with Crippen molar-refractivity contribution in [3.05, 3.63) is 45.6 Å². The highest BCUT2D eigenvalue weighted by Crippen LogP contribution is 2.27. The lowest BCUT2D eigenvalue weighted by atomic mass is 10.1. The molecule has 7 heteroatoms. The van der Waals surface area contributed by atoms with Gasteiger partial charge in [0.05, 0.1) is 4.88 Å². The number of aryl methyl sites for hydroxylation is 2. The van der Waals surface area contributed by atoms with Crippen LogP contribution in [-0.4, -0.2) is 29.9 Å². The molecule has 1 fully saturated rings. The van der Waals surface area contributed by atoms with Gasteiger partial charge >= 0.3 is 0 Å². The van der Waals surface area contributed by atoms with Crippen molar-refractivity contribution in [3.8, 4) is 0 Å². The largest absolute Gasteiger partial charge is 0.326 e. The molecular formula is C23H26N2O4S. The minimum atomic E-state index is -0.243. The molecule has 158 valence electrons. The van der Waals surface area contributed by atoms with Gasteiger partial charge in [0.25, 0.3) is 0 Å². The van der Waals surface area contributed by atoms with Crippen LogP contribution in [-0.2, 0) is 14.4 Å². The highest BCUT2D eigenvalue weighted by atomic mass is 32.1. The van der Waals surface area contributed by atoms with Crippen molar-refractivity contribution < 1.29 is 19.2 Å². The van der Waals surface area contributed by atoms with Crippen LogP contribution in [0, 0.1) is 13.8 Å². The normalized spacial score (nSPS) is 13.5. The molecule has 0 bridgehead atoms. The molecule has 1 aromatic carbocycles. The SMILES string of the molecule is Cc1ccc(C(=O)CCC(=O)CCC(=O)Nc2ccc(N3CCCC3=O)c(C)c2)s1. The number of amides is 2. The Morgan fingerprint density at radius 1 is 1.03 bits per heavy atom. The monoisotopic (exact) mass is 426 g/mol. The fourth-order valence-electron chi connectivity index (χ4n) is 3.50. The molecule has 0 saturated carbocycles. The molecule has 0 aliphatic carbocycles. The van der Waals surface area contributed by atoms with Gasteiger partial charge in [0.15, 0.2) is 5.78 Å². The molecule has 2 heterocycles. The summed E-state index contributed by atoms with van der Waals surface area (Å²) in [7, 11) is 0. The van der Waals surface area contributed by atoms with Gasteiger partial charge in [-0.15, -0.1) is 11.3 Å². The number of rotatable bonds is 9. The molecule has 30 heavy (non-hydrogen) atoms. The second kappa shape index (κ2) is 9.80. The summed E-state index contributed by atoms with van der Waals surface area (Å²) in [6.45, 7) is 4.57. The fourth-order valence-corrected chi connectivity index (χ4v) is 4.34. The van der Waals surface area contributed by atoms with E-state index in [9.17, 15) is 19.2 Å². The molecule has 1 aliphatic rings. The number of anilines is 2. The van der Waals surface area contributed by atoms with E-state index in [1.54, 1.807) is 17.0 Å². The summed E-state index contributed by atoms with van der Waals surface area (Å²) in [6, 6.07) is 9.13. The van der Waals surface area contributed by atoms with E-state index in [1.165, 1.54) is 11.3 Å². The topological polar surface area (TPSA) is 83.6 Å². The summed E-state index contributed by atoms with van der Waals surface area (Å²) in [6.07, 6.45) is 1.96. The zero-order valence-corrected chi connectivity index (χ0v) is 18.1. The molecule has 1 saturated heterocycles. The van der Waals surface area contributed by atoms with Gasteiger partial charge in [0.2, 0.25) is 11.8 Å². The van der Waals surface area contributed by atoms with Gasteiger partial charge in [0, 0.05) is 54.9 Å². The standard InChI is InChI=1S/C23H26N2O4S/c1-15-14-17(6-9-19(15)25-13-3-4-23(25)29)24-22(28)12-8-18(26)7-10-20(27)21-11-5-16(2)30-21/h5-6,9,11,14H,3-4,7-8,10,12-13H2,1-2H3,(H,24,28). The molecule has 1 aromatic heterocycles. The molecule has 6 nitrogen and oxygen atoms in total. The molecule has 0 unspecified atom stereocenters. The number of Topliss-reactive ketones (excluding diaryl/α,β-unsaturated/α-hetero) is 2. The smallest absolute Gasteiger partial charge is 0.227 e. The van der Waals surface area contributed by atoms with Crippen LogP contribution in [0.15, 0.2) is 30.3 Å². The van der Waals surface area contributed by atoms with Crippen molar-refractivity contribution in [3.63, 3.8) is 0 Å². The summed E-state index contributed by atoms with van der Waals surface area (Å²) in [5.74, 6) is -0.238. The van der Waals surface area contributed by atoms with Crippen molar-refractivity contribution in [2.24, 2.45) is 0 Å². The maximum atomic E-state index is 12.2. The first-order chi connectivity index (χ1) is 14.3. The Kier molecular flexibility index (Phi) is 7.15. The van der Waals surface area contributed by atoms with Crippen LogP contribution in [0.1, 0.15) is 58.6 Å². The van der Waals surface area contributed by atoms with Gasteiger partial charge in [-0.25, -0.2) is 0 Å². The maximum Gasteiger partial charge on any atom is 0.227 e. The third-order valence-corrected chi connectivity index (χ3v) is 6.16. The van der Waals surface area contributed by atoms with E-state index in [4.69, 9.17) is 0 Å². The predicted molar refractivity (Wildman–Crippen MR) is 118 cm³/mol. The molecule has 2 aromatic rings. The Balaban J connectivity index is 1.44. The van der Waals surface area contributed by atoms with E-state index in [0.717, 1.165) is 29.1 Å². The number of hydrogen-bond donors (Lipinski definition) is 1. The molecule has 1 aliphatic heterocycles. The van der Waals surface area contributed by atoms with E-state index in [1.807, 2.05) is 32.0 Å². The second-order valence-corrected chi connectivity index (χ2v) is 8.86. The first-order valence-electron chi connectivity index (χ1n) is 10.2. The van der Waals surface area contributed by atoms with Gasteiger partial charge in [-0.2, -0.15) is 0 Å². The first kappa shape index (κ1) is 21.9. The van der Waals surface area contributed by atoms with Crippen LogP contribution in [0.5, 0.6) is 0 Å². The molecular weight excluding hydrogens is 400 g/mol. The quantitative estimate of drug-likeness (QED) is 0.601. The van der Waals surface area contributed by atoms with E-state index in [-0.39, 0.29) is 49.1 Å². The molecule has 0 atom stereocenters. The Labute approximate surface area is 180 Å². The number of thiophene rings is 1. The number of ketones is 2. The van der Waals surface area contributed by atoms with Gasteiger partial charge < -0.3 is 10.2 Å². The van der Waals surface area contributed by atoms with Gasteiger partial charge in [-0.1, -0.05) is 0 Å². The lowest BCUT2D eigenvalue weighted by Crippen LogP contribution is -2.24. The van der Waals surface area contributed by atoms with E-state index in [2.05, 4.69) is 5.32 Å². The van der Waals surface area contributed by atoms with Crippen LogP contribution in [0.4, 0.5) is 11.4 Å². The number of nitrogens with one attached hydrogen (secondary N) is 1. The summed E-state index contributed by atoms with van der Waals surface area (Å²) >= 11 is 1.43.